The van der Waals surface area contributed by atoms with E-state index in [-0.39, 0.29) is 0 Å². The van der Waals surface area contributed by atoms with Gasteiger partial charge in [-0.25, -0.2) is 0 Å². The minimum atomic E-state index is 0.376. The third kappa shape index (κ3) is 3.11. The summed E-state index contributed by atoms with van der Waals surface area (Å²) in [4.78, 5) is 4.47. The molecule has 0 saturated carbocycles. The second kappa shape index (κ2) is 6.24. The molecule has 0 spiro atoms. The summed E-state index contributed by atoms with van der Waals surface area (Å²) in [6.45, 7) is 4.78. The number of ether oxygens (including phenoxy) is 1. The monoisotopic (exact) mass is 294 g/mol. The molecule has 0 atom stereocenters. The maximum Gasteiger partial charge on any atom is 0.141 e. The Morgan fingerprint density at radius 1 is 1.35 bits per heavy atom. The van der Waals surface area contributed by atoms with Crippen molar-refractivity contribution in [2.75, 3.05) is 6.54 Å². The molecular weight excluding hydrogens is 276 g/mol. The van der Waals surface area contributed by atoms with Crippen LogP contribution in [0.4, 0.5) is 0 Å². The van der Waals surface area contributed by atoms with Crippen molar-refractivity contribution in [2.24, 2.45) is 12.8 Å². The molecule has 5 nitrogen and oxygen atoms in total. The van der Waals surface area contributed by atoms with Gasteiger partial charge in [0.1, 0.15) is 17.5 Å². The number of rotatable bonds is 5. The molecule has 2 aromatic rings. The van der Waals surface area contributed by atoms with Gasteiger partial charge in [0.25, 0.3) is 0 Å². The van der Waals surface area contributed by atoms with Crippen LogP contribution in [0.5, 0.6) is 5.75 Å². The fourth-order valence-electron chi connectivity index (χ4n) is 2.03. The highest BCUT2D eigenvalue weighted by molar-refractivity contribution is 6.30. The van der Waals surface area contributed by atoms with Crippen molar-refractivity contribution in [3.8, 4) is 5.75 Å². The van der Waals surface area contributed by atoms with E-state index in [4.69, 9.17) is 22.1 Å². The van der Waals surface area contributed by atoms with E-state index < -0.39 is 0 Å². The number of hydrogen-bond acceptors (Lipinski definition) is 4. The fraction of sp³-hybridized carbons (Fsp3) is 0.429. The molecule has 2 rings (SSSR count). The van der Waals surface area contributed by atoms with Gasteiger partial charge in [-0.2, -0.15) is 5.10 Å². The molecule has 0 radical (unpaired) electrons. The highest BCUT2D eigenvalue weighted by Gasteiger charge is 2.13. The first-order valence-electron chi connectivity index (χ1n) is 6.50. The van der Waals surface area contributed by atoms with Gasteiger partial charge in [0.15, 0.2) is 0 Å². The molecule has 0 aliphatic rings. The molecule has 0 unspecified atom stereocenters. The van der Waals surface area contributed by atoms with Crippen LogP contribution in [-0.4, -0.2) is 21.3 Å². The number of pyridine rings is 1. The molecule has 20 heavy (non-hydrogen) atoms. The van der Waals surface area contributed by atoms with Crippen LogP contribution in [0.25, 0.3) is 0 Å². The van der Waals surface area contributed by atoms with E-state index in [1.54, 1.807) is 4.68 Å². The first kappa shape index (κ1) is 14.8. The van der Waals surface area contributed by atoms with Gasteiger partial charge < -0.3 is 10.5 Å². The van der Waals surface area contributed by atoms with Gasteiger partial charge in [-0.1, -0.05) is 11.6 Å². The van der Waals surface area contributed by atoms with Gasteiger partial charge in [0.2, 0.25) is 0 Å². The van der Waals surface area contributed by atoms with Crippen LogP contribution in [-0.2, 0) is 20.1 Å². The Hall–Kier alpha value is -1.59. The first-order valence-corrected chi connectivity index (χ1v) is 6.88. The van der Waals surface area contributed by atoms with Crippen LogP contribution in [0.3, 0.4) is 0 Å². The molecular formula is C14H19ClN4O. The summed E-state index contributed by atoms with van der Waals surface area (Å²) in [5.74, 6) is 0.750. The molecule has 0 aliphatic heterocycles. The first-order chi connectivity index (χ1) is 9.52. The Morgan fingerprint density at radius 2 is 2.10 bits per heavy atom. The molecule has 0 fully saturated rings. The second-order valence-electron chi connectivity index (χ2n) is 4.70. The van der Waals surface area contributed by atoms with E-state index in [0.717, 1.165) is 28.4 Å². The van der Waals surface area contributed by atoms with Crippen molar-refractivity contribution in [3.63, 3.8) is 0 Å². The van der Waals surface area contributed by atoms with Gasteiger partial charge in [0.05, 0.1) is 11.4 Å². The van der Waals surface area contributed by atoms with E-state index in [1.165, 1.54) is 0 Å². The Balaban J connectivity index is 2.18. The van der Waals surface area contributed by atoms with Gasteiger partial charge in [-0.15, -0.1) is 0 Å². The molecule has 0 aromatic carbocycles. The van der Waals surface area contributed by atoms with E-state index >= 15 is 0 Å². The van der Waals surface area contributed by atoms with Crippen LogP contribution in [0.15, 0.2) is 12.1 Å². The minimum Gasteiger partial charge on any atom is -0.487 e. The number of aromatic nitrogens is 3. The molecule has 0 aliphatic carbocycles. The van der Waals surface area contributed by atoms with Crippen molar-refractivity contribution in [1.82, 2.24) is 14.8 Å². The normalized spacial score (nSPS) is 10.8. The van der Waals surface area contributed by atoms with Crippen molar-refractivity contribution in [2.45, 2.75) is 26.9 Å². The van der Waals surface area contributed by atoms with Crippen molar-refractivity contribution < 1.29 is 4.74 Å². The Kier molecular flexibility index (Phi) is 4.62. The SMILES string of the molecule is Cc1ccc(OCc2c(C)nn(C)c2Cl)c(CCN)n1. The van der Waals surface area contributed by atoms with Gasteiger partial charge in [-0.3, -0.25) is 9.67 Å². The van der Waals surface area contributed by atoms with E-state index in [0.29, 0.717) is 24.7 Å². The Labute approximate surface area is 123 Å². The lowest BCUT2D eigenvalue weighted by Gasteiger charge is -2.11. The van der Waals surface area contributed by atoms with Gasteiger partial charge in [0, 0.05) is 24.7 Å². The smallest absolute Gasteiger partial charge is 0.141 e. The molecule has 0 saturated heterocycles. The predicted octanol–water partition coefficient (Wildman–Crippen LogP) is 2.17. The van der Waals surface area contributed by atoms with Crippen molar-refractivity contribution in [1.29, 1.82) is 0 Å². The summed E-state index contributed by atoms with van der Waals surface area (Å²) in [5.41, 5.74) is 9.21. The number of nitrogens with zero attached hydrogens (tertiary/aromatic N) is 3. The van der Waals surface area contributed by atoms with Gasteiger partial charge in [-0.05, 0) is 32.5 Å². The summed E-state index contributed by atoms with van der Waals surface area (Å²) in [6, 6.07) is 3.85. The molecule has 6 heteroatoms. The highest BCUT2D eigenvalue weighted by atomic mass is 35.5. The average Bonchev–Trinajstić information content (AvgIpc) is 2.64. The summed E-state index contributed by atoms with van der Waals surface area (Å²) >= 11 is 6.19. The average molecular weight is 295 g/mol. The predicted molar refractivity (Wildman–Crippen MR) is 79.0 cm³/mol. The third-order valence-electron chi connectivity index (χ3n) is 3.09. The fourth-order valence-corrected chi connectivity index (χ4v) is 2.26. The zero-order valence-electron chi connectivity index (χ0n) is 12.0. The third-order valence-corrected chi connectivity index (χ3v) is 3.57. The standard InChI is InChI=1S/C14H19ClN4O/c1-9-4-5-13(12(17-9)6-7-16)20-8-11-10(2)18-19(3)14(11)15/h4-5H,6-8,16H2,1-3H3. The van der Waals surface area contributed by atoms with E-state index in [9.17, 15) is 0 Å². The zero-order valence-corrected chi connectivity index (χ0v) is 12.7. The summed E-state index contributed by atoms with van der Waals surface area (Å²) in [5, 5.41) is 4.86. The molecule has 0 bridgehead atoms. The highest BCUT2D eigenvalue weighted by Crippen LogP contribution is 2.23. The Bertz CT molecular complexity index is 609. The van der Waals surface area contributed by atoms with Crippen molar-refractivity contribution >= 4 is 11.6 Å². The molecule has 2 aromatic heterocycles. The van der Waals surface area contributed by atoms with Crippen molar-refractivity contribution in [3.05, 3.63) is 39.9 Å². The summed E-state index contributed by atoms with van der Waals surface area (Å²) < 4.78 is 7.49. The largest absolute Gasteiger partial charge is 0.487 e. The molecule has 0 amide bonds. The van der Waals surface area contributed by atoms with Crippen LogP contribution in [0.1, 0.15) is 22.6 Å². The topological polar surface area (TPSA) is 66.0 Å². The summed E-state index contributed by atoms with van der Waals surface area (Å²) in [7, 11) is 1.81. The van der Waals surface area contributed by atoms with Gasteiger partial charge >= 0.3 is 0 Å². The van der Waals surface area contributed by atoms with E-state index in [2.05, 4.69) is 10.1 Å². The lowest BCUT2D eigenvalue weighted by atomic mass is 10.2. The maximum atomic E-state index is 6.19. The van der Waals surface area contributed by atoms with Crippen LogP contribution >= 0.6 is 11.6 Å². The van der Waals surface area contributed by atoms with Crippen LogP contribution in [0, 0.1) is 13.8 Å². The molecule has 2 heterocycles. The quantitative estimate of drug-likeness (QED) is 0.918. The summed E-state index contributed by atoms with van der Waals surface area (Å²) in [6.07, 6.45) is 0.691. The number of aryl methyl sites for hydroxylation is 3. The molecule has 2 N–H and O–H groups in total. The Morgan fingerprint density at radius 3 is 2.70 bits per heavy atom. The minimum absolute atomic E-state index is 0.376. The lowest BCUT2D eigenvalue weighted by molar-refractivity contribution is 0.300. The maximum absolute atomic E-state index is 6.19. The number of halogens is 1. The zero-order chi connectivity index (χ0) is 14.7. The lowest BCUT2D eigenvalue weighted by Crippen LogP contribution is -2.08. The van der Waals surface area contributed by atoms with E-state index in [1.807, 2.05) is 33.0 Å². The van der Waals surface area contributed by atoms with Crippen LogP contribution in [0.2, 0.25) is 5.15 Å². The second-order valence-corrected chi connectivity index (χ2v) is 5.06. The molecule has 108 valence electrons. The number of hydrogen-bond donors (Lipinski definition) is 1. The van der Waals surface area contributed by atoms with Crippen LogP contribution < -0.4 is 10.5 Å². The number of nitrogens with two attached hydrogens (primary N) is 1.